The fourth-order valence-corrected chi connectivity index (χ4v) is 20.1. The van der Waals surface area contributed by atoms with Gasteiger partial charge in [-0.1, -0.05) is 364 Å². The van der Waals surface area contributed by atoms with Crippen LogP contribution in [0.25, 0.3) is 0 Å². The molecule has 9 heteroatoms. The van der Waals surface area contributed by atoms with Gasteiger partial charge in [0.1, 0.15) is 0 Å². The molecule has 81 heavy (non-hydrogen) atoms. The van der Waals surface area contributed by atoms with E-state index in [1.807, 2.05) is 364 Å². The van der Waals surface area contributed by atoms with Gasteiger partial charge in [0.25, 0.3) is 0 Å². The summed E-state index contributed by atoms with van der Waals surface area (Å²) in [7, 11) is -11.1. The standard InChI is InChI=1S/4C18H15OP.Pd/c4*19-20(16-10-4-1-5-11-16,17-12-6-2-7-13-17)18-14-8-3-9-15-18;/h4*1-15H;. The molecule has 0 spiro atoms. The minimum Gasteiger partial charge on any atom is -0.309 e. The van der Waals surface area contributed by atoms with Crippen LogP contribution >= 0.6 is 28.6 Å². The average molecular weight is 1220 g/mol. The Hall–Kier alpha value is -7.78. The van der Waals surface area contributed by atoms with Crippen LogP contribution in [0.5, 0.6) is 0 Å². The van der Waals surface area contributed by atoms with Crippen LogP contribution in [-0.4, -0.2) is 0 Å². The van der Waals surface area contributed by atoms with Crippen LogP contribution < -0.4 is 63.7 Å². The molecule has 402 valence electrons. The van der Waals surface area contributed by atoms with Crippen molar-refractivity contribution in [2.45, 2.75) is 0 Å². The number of hydrogen-bond acceptors (Lipinski definition) is 4. The minimum atomic E-state index is -2.78. The maximum absolute atomic E-state index is 13.8. The van der Waals surface area contributed by atoms with E-state index < -0.39 is 28.6 Å². The summed E-state index contributed by atoms with van der Waals surface area (Å²) in [5.41, 5.74) is 0. The third-order valence-corrected chi connectivity index (χ3v) is 25.7. The van der Waals surface area contributed by atoms with E-state index in [0.29, 0.717) is 0 Å². The Morgan fingerprint density at radius 2 is 0.185 bits per heavy atom. The molecule has 0 atom stereocenters. The Morgan fingerprint density at radius 1 is 0.123 bits per heavy atom. The minimum absolute atomic E-state index is 0. The molecule has 0 radical (unpaired) electrons. The summed E-state index contributed by atoms with van der Waals surface area (Å²) in [4.78, 5) is 0. The molecule has 0 aliphatic rings. The molecule has 4 nitrogen and oxygen atoms in total. The number of benzene rings is 12. The van der Waals surface area contributed by atoms with Gasteiger partial charge in [-0.25, -0.2) is 0 Å². The average Bonchev–Trinajstić information content (AvgIpc) is 3.63. The quantitative estimate of drug-likeness (QED) is 0.0903. The van der Waals surface area contributed by atoms with Crippen molar-refractivity contribution in [3.8, 4) is 0 Å². The molecule has 0 aliphatic heterocycles. The summed E-state index contributed by atoms with van der Waals surface area (Å²) in [6, 6.07) is 117. The van der Waals surface area contributed by atoms with E-state index in [2.05, 4.69) is 0 Å². The SMILES string of the molecule is O=P(c1ccccc1)(c1ccccc1)c1ccccc1.O=P(c1ccccc1)(c1ccccc1)c1ccccc1.O=P(c1ccccc1)(c1ccccc1)c1ccccc1.O=P(c1ccccc1)(c1ccccc1)c1ccccc1.[Pd]. The van der Waals surface area contributed by atoms with Crippen LogP contribution in [0.15, 0.2) is 364 Å². The zero-order valence-electron chi connectivity index (χ0n) is 44.4. The van der Waals surface area contributed by atoms with Crippen LogP contribution in [0.2, 0.25) is 0 Å². The third-order valence-electron chi connectivity index (χ3n) is 13.4. The van der Waals surface area contributed by atoms with E-state index in [0.717, 1.165) is 63.7 Å². The molecule has 0 N–H and O–H groups in total. The van der Waals surface area contributed by atoms with Crippen LogP contribution in [-0.2, 0) is 38.7 Å². The fourth-order valence-electron chi connectivity index (χ4n) is 9.44. The molecule has 0 bridgehead atoms. The Balaban J connectivity index is 0.000000141. The van der Waals surface area contributed by atoms with Gasteiger partial charge >= 0.3 is 0 Å². The van der Waals surface area contributed by atoms with Gasteiger partial charge in [-0.15, -0.1) is 0 Å². The summed E-state index contributed by atoms with van der Waals surface area (Å²) < 4.78 is 55.3. The summed E-state index contributed by atoms with van der Waals surface area (Å²) >= 11 is 0. The first-order chi connectivity index (χ1) is 39.3. The molecule has 0 aliphatic carbocycles. The molecule has 0 unspecified atom stereocenters. The van der Waals surface area contributed by atoms with Crippen molar-refractivity contribution in [3.63, 3.8) is 0 Å². The second kappa shape index (κ2) is 29.1. The van der Waals surface area contributed by atoms with Crippen LogP contribution in [0.1, 0.15) is 0 Å². The predicted molar refractivity (Wildman–Crippen MR) is 343 cm³/mol. The summed E-state index contributed by atoms with van der Waals surface area (Å²) in [6.07, 6.45) is 0. The van der Waals surface area contributed by atoms with Crippen molar-refractivity contribution in [2.75, 3.05) is 0 Å². The first-order valence-corrected chi connectivity index (χ1v) is 33.2. The first-order valence-electron chi connectivity index (χ1n) is 26.3. The Labute approximate surface area is 491 Å². The molecule has 0 saturated heterocycles. The van der Waals surface area contributed by atoms with Crippen molar-refractivity contribution >= 4 is 92.2 Å². The second-order valence-electron chi connectivity index (χ2n) is 18.5. The van der Waals surface area contributed by atoms with Crippen molar-refractivity contribution in [1.82, 2.24) is 0 Å². The van der Waals surface area contributed by atoms with E-state index in [9.17, 15) is 18.3 Å². The van der Waals surface area contributed by atoms with Gasteiger partial charge in [0, 0.05) is 84.1 Å². The first kappa shape index (κ1) is 59.3. The third kappa shape index (κ3) is 13.9. The van der Waals surface area contributed by atoms with Crippen LogP contribution in [0.3, 0.4) is 0 Å². The van der Waals surface area contributed by atoms with E-state index in [1.165, 1.54) is 0 Å². The van der Waals surface area contributed by atoms with Gasteiger partial charge < -0.3 is 18.3 Å². The summed E-state index contributed by atoms with van der Waals surface area (Å²) in [5.74, 6) is 0. The molecular formula is C72H60O4P4Pd. The molecule has 0 heterocycles. The Morgan fingerprint density at radius 3 is 0.247 bits per heavy atom. The second-order valence-corrected chi connectivity index (χ2v) is 29.5. The van der Waals surface area contributed by atoms with Gasteiger partial charge in [-0.05, 0) is 0 Å². The van der Waals surface area contributed by atoms with Gasteiger partial charge in [0.05, 0.1) is 0 Å². The molecule has 12 aromatic rings. The number of hydrogen-bond donors (Lipinski definition) is 0. The molecule has 0 fully saturated rings. The van der Waals surface area contributed by atoms with Crippen molar-refractivity contribution in [2.24, 2.45) is 0 Å². The molecular weight excluding hydrogens is 1160 g/mol. The maximum Gasteiger partial charge on any atom is 0.171 e. The smallest absolute Gasteiger partial charge is 0.171 e. The molecule has 0 amide bonds. The van der Waals surface area contributed by atoms with Crippen molar-refractivity contribution in [3.05, 3.63) is 364 Å². The zero-order valence-corrected chi connectivity index (χ0v) is 49.5. The van der Waals surface area contributed by atoms with Gasteiger partial charge in [0.2, 0.25) is 0 Å². The van der Waals surface area contributed by atoms with E-state index >= 15 is 0 Å². The number of rotatable bonds is 12. The topological polar surface area (TPSA) is 68.3 Å². The van der Waals surface area contributed by atoms with Crippen molar-refractivity contribution in [1.29, 1.82) is 0 Å². The van der Waals surface area contributed by atoms with Gasteiger partial charge in [-0.3, -0.25) is 0 Å². The zero-order chi connectivity index (χ0) is 55.4. The molecule has 0 aromatic heterocycles. The Kier molecular flexibility index (Phi) is 21.3. The van der Waals surface area contributed by atoms with E-state index in [-0.39, 0.29) is 20.4 Å². The van der Waals surface area contributed by atoms with Gasteiger partial charge in [0.15, 0.2) is 28.6 Å². The monoisotopic (exact) mass is 1220 g/mol. The molecule has 12 rings (SSSR count). The summed E-state index contributed by atoms with van der Waals surface area (Å²) in [5, 5.41) is 10.5. The maximum atomic E-state index is 13.8. The normalized spacial score (nSPS) is 11.1. The Bertz CT molecular complexity index is 3010. The summed E-state index contributed by atoms with van der Waals surface area (Å²) in [6.45, 7) is 0. The largest absolute Gasteiger partial charge is 0.309 e. The van der Waals surface area contributed by atoms with E-state index in [1.54, 1.807) is 0 Å². The van der Waals surface area contributed by atoms with Crippen LogP contribution in [0.4, 0.5) is 0 Å². The predicted octanol–water partition coefficient (Wildman–Crippen LogP) is 13.3. The van der Waals surface area contributed by atoms with Crippen molar-refractivity contribution < 1.29 is 38.7 Å². The van der Waals surface area contributed by atoms with Crippen LogP contribution in [0, 0.1) is 0 Å². The molecule has 12 aromatic carbocycles. The molecule has 0 saturated carbocycles. The van der Waals surface area contributed by atoms with E-state index in [4.69, 9.17) is 0 Å². The fraction of sp³-hybridized carbons (Fsp3) is 0. The van der Waals surface area contributed by atoms with Gasteiger partial charge in [-0.2, -0.15) is 0 Å².